The summed E-state index contributed by atoms with van der Waals surface area (Å²) in [6.45, 7) is 0.461. The predicted molar refractivity (Wildman–Crippen MR) is 98.0 cm³/mol. The molecule has 0 saturated heterocycles. The molecule has 0 fully saturated rings. The fourth-order valence-corrected chi connectivity index (χ4v) is 3.55. The largest absolute Gasteiger partial charge is 0.488 e. The Kier molecular flexibility index (Phi) is 5.29. The summed E-state index contributed by atoms with van der Waals surface area (Å²) in [5, 5.41) is 2.78. The maximum Gasteiger partial charge on any atom is 0.246 e. The topological polar surface area (TPSA) is 81.7 Å². The lowest BCUT2D eigenvalue weighted by molar-refractivity contribution is -0.125. The second-order valence-corrected chi connectivity index (χ2v) is 8.32. The molecule has 1 amide bonds. The average molecular weight is 375 g/mol. The molecule has 0 aliphatic carbocycles. The third-order valence-electron chi connectivity index (χ3n) is 4.22. The van der Waals surface area contributed by atoms with Crippen LogP contribution >= 0.6 is 0 Å². The van der Waals surface area contributed by atoms with Crippen molar-refractivity contribution in [2.45, 2.75) is 17.4 Å². The summed E-state index contributed by atoms with van der Waals surface area (Å²) < 4.78 is 33.8. The molecule has 2 aromatic carbocycles. The van der Waals surface area contributed by atoms with Crippen molar-refractivity contribution in [1.29, 1.82) is 0 Å². The number of methoxy groups -OCH3 is 1. The molecule has 6 nitrogen and oxygen atoms in total. The number of hydrogen-bond acceptors (Lipinski definition) is 5. The number of rotatable bonds is 6. The lowest BCUT2D eigenvalue weighted by Gasteiger charge is -2.11. The van der Waals surface area contributed by atoms with Gasteiger partial charge in [0.2, 0.25) is 5.91 Å². The van der Waals surface area contributed by atoms with Gasteiger partial charge in [0, 0.05) is 19.8 Å². The molecule has 7 heteroatoms. The van der Waals surface area contributed by atoms with Gasteiger partial charge >= 0.3 is 0 Å². The number of carbonyl (C=O) groups excluding carboxylic acids is 1. The Hall–Kier alpha value is -2.38. The molecule has 26 heavy (non-hydrogen) atoms. The van der Waals surface area contributed by atoms with Gasteiger partial charge < -0.3 is 14.8 Å². The molecule has 0 unspecified atom stereocenters. The van der Waals surface area contributed by atoms with Gasteiger partial charge in [0.05, 0.1) is 11.4 Å². The minimum absolute atomic E-state index is 0.0350. The van der Waals surface area contributed by atoms with Gasteiger partial charge in [-0.1, -0.05) is 18.2 Å². The Balaban J connectivity index is 1.70. The molecule has 1 heterocycles. The highest BCUT2D eigenvalue weighted by molar-refractivity contribution is 7.90. The van der Waals surface area contributed by atoms with Crippen molar-refractivity contribution in [3.05, 3.63) is 48.0 Å². The summed E-state index contributed by atoms with van der Waals surface area (Å²) in [7, 11) is -1.72. The van der Waals surface area contributed by atoms with Gasteiger partial charge in [0.15, 0.2) is 9.84 Å². The first-order chi connectivity index (χ1) is 12.4. The van der Waals surface area contributed by atoms with Gasteiger partial charge in [0.1, 0.15) is 18.5 Å². The van der Waals surface area contributed by atoms with E-state index in [0.717, 1.165) is 22.4 Å². The average Bonchev–Trinajstić information content (AvgIpc) is 3.01. The lowest BCUT2D eigenvalue weighted by atomic mass is 10.0. The number of fused-ring (bicyclic) bond motifs is 1. The van der Waals surface area contributed by atoms with Crippen LogP contribution in [-0.4, -0.2) is 46.9 Å². The van der Waals surface area contributed by atoms with E-state index in [-0.39, 0.29) is 18.6 Å². The molecule has 1 aliphatic heterocycles. The summed E-state index contributed by atoms with van der Waals surface area (Å²) in [5.74, 6) is 0.645. The molecule has 0 aromatic heterocycles. The molecule has 0 spiro atoms. The highest BCUT2D eigenvalue weighted by atomic mass is 32.2. The molecule has 1 N–H and O–H groups in total. The van der Waals surface area contributed by atoms with E-state index in [4.69, 9.17) is 9.47 Å². The van der Waals surface area contributed by atoms with Crippen molar-refractivity contribution >= 4 is 15.7 Å². The van der Waals surface area contributed by atoms with Crippen LogP contribution in [-0.2, 0) is 25.8 Å². The third kappa shape index (κ3) is 4.23. The van der Waals surface area contributed by atoms with Gasteiger partial charge in [-0.15, -0.1) is 0 Å². The fraction of sp³-hybridized carbons (Fsp3) is 0.316. The van der Waals surface area contributed by atoms with Crippen molar-refractivity contribution in [3.63, 3.8) is 0 Å². The molecule has 0 saturated carbocycles. The molecule has 0 bridgehead atoms. The molecule has 2 aromatic rings. The molecule has 3 rings (SSSR count). The van der Waals surface area contributed by atoms with Crippen LogP contribution in [0.25, 0.3) is 11.1 Å². The third-order valence-corrected chi connectivity index (χ3v) is 5.35. The predicted octanol–water partition coefficient (Wildman–Crippen LogP) is 1.82. The number of hydrogen-bond donors (Lipinski definition) is 1. The van der Waals surface area contributed by atoms with Crippen LogP contribution in [0.3, 0.4) is 0 Å². The molecular formula is C19H21NO5S. The molecule has 1 aliphatic rings. The summed E-state index contributed by atoms with van der Waals surface area (Å²) in [4.78, 5) is 11.8. The smallest absolute Gasteiger partial charge is 0.246 e. The summed E-state index contributed by atoms with van der Waals surface area (Å²) in [6, 6.07) is 12.7. The Morgan fingerprint density at radius 3 is 2.54 bits per heavy atom. The standard InChI is InChI=1S/C19H21NO5S/c1-24-12-19(21)20-11-16-10-15-9-14(5-8-18(15)25-16)13-3-6-17(7-4-13)26(2,22)23/h3-9,16H,10-12H2,1-2H3,(H,20,21)/t16-/m1/s1. The fourth-order valence-electron chi connectivity index (χ4n) is 2.92. The lowest BCUT2D eigenvalue weighted by Crippen LogP contribution is -2.36. The van der Waals surface area contributed by atoms with E-state index in [0.29, 0.717) is 17.9 Å². The normalized spacial score (nSPS) is 16.0. The maximum absolute atomic E-state index is 11.6. The minimum Gasteiger partial charge on any atom is -0.488 e. The van der Waals surface area contributed by atoms with Crippen molar-refractivity contribution < 1.29 is 22.7 Å². The zero-order chi connectivity index (χ0) is 18.7. The Morgan fingerprint density at radius 1 is 1.19 bits per heavy atom. The van der Waals surface area contributed by atoms with Crippen molar-refractivity contribution in [2.75, 3.05) is 26.5 Å². The number of benzene rings is 2. The first kappa shape index (κ1) is 18.4. The summed E-state index contributed by atoms with van der Waals surface area (Å²) in [5.41, 5.74) is 3.01. The van der Waals surface area contributed by atoms with Crippen molar-refractivity contribution in [1.82, 2.24) is 5.32 Å². The van der Waals surface area contributed by atoms with Crippen LogP contribution in [0.4, 0.5) is 0 Å². The number of carbonyl (C=O) groups is 1. The van der Waals surface area contributed by atoms with E-state index < -0.39 is 9.84 Å². The maximum atomic E-state index is 11.6. The van der Waals surface area contributed by atoms with Gasteiger partial charge in [0.25, 0.3) is 0 Å². The van der Waals surface area contributed by atoms with Crippen molar-refractivity contribution in [3.8, 4) is 16.9 Å². The van der Waals surface area contributed by atoms with Gasteiger partial charge in [-0.2, -0.15) is 0 Å². The first-order valence-electron chi connectivity index (χ1n) is 8.22. The number of nitrogens with one attached hydrogen (secondary N) is 1. The van der Waals surface area contributed by atoms with E-state index >= 15 is 0 Å². The first-order valence-corrected chi connectivity index (χ1v) is 10.1. The van der Waals surface area contributed by atoms with Crippen LogP contribution in [0.15, 0.2) is 47.4 Å². The number of amides is 1. The van der Waals surface area contributed by atoms with Crippen molar-refractivity contribution in [2.24, 2.45) is 0 Å². The molecule has 0 radical (unpaired) electrons. The molecule has 138 valence electrons. The Labute approximate surface area is 153 Å². The zero-order valence-corrected chi connectivity index (χ0v) is 15.5. The van der Waals surface area contributed by atoms with E-state index in [1.807, 2.05) is 18.2 Å². The van der Waals surface area contributed by atoms with Crippen LogP contribution in [0.2, 0.25) is 0 Å². The summed E-state index contributed by atoms with van der Waals surface area (Å²) in [6.07, 6.45) is 1.80. The van der Waals surface area contributed by atoms with E-state index in [2.05, 4.69) is 5.32 Å². The SMILES string of the molecule is COCC(=O)NC[C@H]1Cc2cc(-c3ccc(S(C)(=O)=O)cc3)ccc2O1. The van der Waals surface area contributed by atoms with Gasteiger partial charge in [-0.05, 0) is 41.0 Å². The zero-order valence-electron chi connectivity index (χ0n) is 14.7. The highest BCUT2D eigenvalue weighted by Gasteiger charge is 2.23. The number of sulfone groups is 1. The van der Waals surface area contributed by atoms with Crippen LogP contribution in [0.1, 0.15) is 5.56 Å². The Morgan fingerprint density at radius 2 is 1.88 bits per heavy atom. The second-order valence-electron chi connectivity index (χ2n) is 6.30. The van der Waals surface area contributed by atoms with E-state index in [9.17, 15) is 13.2 Å². The van der Waals surface area contributed by atoms with Gasteiger partial charge in [-0.3, -0.25) is 4.79 Å². The van der Waals surface area contributed by atoms with E-state index in [1.165, 1.54) is 13.4 Å². The quantitative estimate of drug-likeness (QED) is 0.833. The van der Waals surface area contributed by atoms with Crippen LogP contribution < -0.4 is 10.1 Å². The second kappa shape index (κ2) is 7.47. The van der Waals surface area contributed by atoms with Crippen LogP contribution in [0.5, 0.6) is 5.75 Å². The summed E-state index contributed by atoms with van der Waals surface area (Å²) >= 11 is 0. The van der Waals surface area contributed by atoms with E-state index in [1.54, 1.807) is 24.3 Å². The number of ether oxygens (including phenoxy) is 2. The Bertz CT molecular complexity index is 906. The minimum atomic E-state index is -3.20. The monoisotopic (exact) mass is 375 g/mol. The molecule has 1 atom stereocenters. The van der Waals surface area contributed by atoms with Crippen LogP contribution in [0, 0.1) is 0 Å². The van der Waals surface area contributed by atoms with Gasteiger partial charge in [-0.25, -0.2) is 8.42 Å². The highest BCUT2D eigenvalue weighted by Crippen LogP contribution is 2.33. The molecular weight excluding hydrogens is 354 g/mol.